The molecule has 17 heavy (non-hydrogen) atoms. The number of nitrogens with zero attached hydrogens (tertiary/aromatic N) is 2. The van der Waals surface area contributed by atoms with E-state index in [1.165, 1.54) is 5.57 Å². The molecule has 0 spiro atoms. The van der Waals surface area contributed by atoms with Crippen LogP contribution in [0.4, 0.5) is 11.4 Å². The van der Waals surface area contributed by atoms with E-state index in [-0.39, 0.29) is 5.54 Å². The van der Waals surface area contributed by atoms with Crippen LogP contribution >= 0.6 is 0 Å². The van der Waals surface area contributed by atoms with E-state index in [4.69, 9.17) is 5.73 Å². The van der Waals surface area contributed by atoms with E-state index in [0.717, 1.165) is 12.1 Å². The molecule has 3 heteroatoms. The summed E-state index contributed by atoms with van der Waals surface area (Å²) < 4.78 is 0. The zero-order valence-corrected chi connectivity index (χ0v) is 10.2. The van der Waals surface area contributed by atoms with Gasteiger partial charge in [0, 0.05) is 0 Å². The first-order valence-corrected chi connectivity index (χ1v) is 5.72. The van der Waals surface area contributed by atoms with Crippen molar-refractivity contribution in [2.45, 2.75) is 25.8 Å². The number of nitrogen functional groups attached to an aromatic ring is 1. The van der Waals surface area contributed by atoms with Gasteiger partial charge in [0.05, 0.1) is 5.69 Å². The van der Waals surface area contributed by atoms with E-state index in [1.807, 2.05) is 24.3 Å². The molecule has 88 valence electrons. The molecular weight excluding hydrogens is 210 g/mol. The van der Waals surface area contributed by atoms with Gasteiger partial charge in [-0.1, -0.05) is 35.9 Å². The van der Waals surface area contributed by atoms with Crippen molar-refractivity contribution >= 4 is 11.4 Å². The van der Waals surface area contributed by atoms with Gasteiger partial charge in [-0.15, -0.1) is 0 Å². The number of allylic oxidation sites excluding steroid dienone is 2. The van der Waals surface area contributed by atoms with Crippen LogP contribution in [0.3, 0.4) is 0 Å². The maximum Gasteiger partial charge on any atom is 0.108 e. The van der Waals surface area contributed by atoms with Gasteiger partial charge in [0.25, 0.3) is 0 Å². The Morgan fingerprint density at radius 3 is 2.71 bits per heavy atom. The summed E-state index contributed by atoms with van der Waals surface area (Å²) in [6, 6.07) is 7.50. The summed E-state index contributed by atoms with van der Waals surface area (Å²) in [5, 5.41) is 8.64. The van der Waals surface area contributed by atoms with Crippen molar-refractivity contribution in [2.75, 3.05) is 5.73 Å². The third-order valence-electron chi connectivity index (χ3n) is 2.87. The molecule has 1 aromatic rings. The van der Waals surface area contributed by atoms with E-state index in [1.54, 1.807) is 0 Å². The van der Waals surface area contributed by atoms with Crippen molar-refractivity contribution in [3.05, 3.63) is 48.1 Å². The number of hydrogen-bond donors (Lipinski definition) is 1. The first-order valence-electron chi connectivity index (χ1n) is 5.72. The van der Waals surface area contributed by atoms with Gasteiger partial charge in [-0.25, -0.2) is 0 Å². The Morgan fingerprint density at radius 2 is 2.06 bits per heavy atom. The third-order valence-corrected chi connectivity index (χ3v) is 2.87. The molecule has 0 saturated heterocycles. The number of benzene rings is 1. The summed E-state index contributed by atoms with van der Waals surface area (Å²) in [7, 11) is 0. The third kappa shape index (κ3) is 2.81. The Labute approximate surface area is 102 Å². The van der Waals surface area contributed by atoms with Crippen LogP contribution in [0.25, 0.3) is 0 Å². The molecule has 0 aromatic heterocycles. The van der Waals surface area contributed by atoms with E-state index in [0.29, 0.717) is 5.69 Å². The maximum absolute atomic E-state index is 5.82. The molecule has 0 saturated carbocycles. The maximum atomic E-state index is 5.82. The Bertz CT molecular complexity index is 500. The highest BCUT2D eigenvalue weighted by atomic mass is 15.1. The zero-order chi connectivity index (χ0) is 12.3. The number of rotatable bonds is 2. The van der Waals surface area contributed by atoms with Crippen molar-refractivity contribution in [1.29, 1.82) is 0 Å². The predicted molar refractivity (Wildman–Crippen MR) is 71.3 cm³/mol. The van der Waals surface area contributed by atoms with E-state index in [2.05, 4.69) is 42.3 Å². The summed E-state index contributed by atoms with van der Waals surface area (Å²) in [6.07, 6.45) is 7.22. The summed E-state index contributed by atoms with van der Waals surface area (Å²) in [6.45, 7) is 4.15. The lowest BCUT2D eigenvalue weighted by Gasteiger charge is -2.21. The Hall–Kier alpha value is -1.90. The second-order valence-electron chi connectivity index (χ2n) is 4.60. The van der Waals surface area contributed by atoms with Crippen LogP contribution in [0.2, 0.25) is 0 Å². The number of para-hydroxylation sites is 1. The molecule has 0 fully saturated rings. The average molecular weight is 227 g/mol. The van der Waals surface area contributed by atoms with Gasteiger partial charge in [-0.05, 0) is 32.4 Å². The van der Waals surface area contributed by atoms with Gasteiger partial charge in [-0.2, -0.15) is 10.2 Å². The molecule has 0 amide bonds. The van der Waals surface area contributed by atoms with Gasteiger partial charge in [0.1, 0.15) is 11.2 Å². The highest BCUT2D eigenvalue weighted by Crippen LogP contribution is 2.28. The molecule has 1 unspecified atom stereocenters. The fraction of sp³-hybridized carbons (Fsp3) is 0.286. The van der Waals surface area contributed by atoms with Gasteiger partial charge < -0.3 is 5.73 Å². The fourth-order valence-corrected chi connectivity index (χ4v) is 1.64. The largest absolute Gasteiger partial charge is 0.397 e. The lowest BCUT2D eigenvalue weighted by atomic mass is 9.92. The lowest BCUT2D eigenvalue weighted by Crippen LogP contribution is -2.18. The number of hydrogen-bond acceptors (Lipinski definition) is 3. The Balaban J connectivity index is 2.17. The minimum Gasteiger partial charge on any atom is -0.397 e. The molecule has 0 radical (unpaired) electrons. The van der Waals surface area contributed by atoms with Crippen molar-refractivity contribution in [1.82, 2.24) is 0 Å². The van der Waals surface area contributed by atoms with Crippen LogP contribution in [0, 0.1) is 0 Å². The topological polar surface area (TPSA) is 50.7 Å². The van der Waals surface area contributed by atoms with Gasteiger partial charge in [-0.3, -0.25) is 0 Å². The first-order chi connectivity index (χ1) is 8.09. The van der Waals surface area contributed by atoms with E-state index in [9.17, 15) is 0 Å². The summed E-state index contributed by atoms with van der Waals surface area (Å²) in [4.78, 5) is 0. The summed E-state index contributed by atoms with van der Waals surface area (Å²) in [5.74, 6) is 0. The molecule has 1 aliphatic carbocycles. The highest BCUT2D eigenvalue weighted by molar-refractivity contribution is 5.61. The molecular formula is C14H17N3. The van der Waals surface area contributed by atoms with Crippen LogP contribution in [-0.2, 0) is 0 Å². The second-order valence-corrected chi connectivity index (χ2v) is 4.60. The van der Waals surface area contributed by atoms with Crippen LogP contribution in [0.5, 0.6) is 0 Å². The van der Waals surface area contributed by atoms with Crippen molar-refractivity contribution in [3.63, 3.8) is 0 Å². The van der Waals surface area contributed by atoms with Crippen LogP contribution in [-0.4, -0.2) is 5.54 Å². The number of azo groups is 1. The molecule has 2 rings (SSSR count). The summed E-state index contributed by atoms with van der Waals surface area (Å²) >= 11 is 0. The standard InChI is InChI=1S/C14H17N3/c1-11-7-9-14(2,10-8-11)17-16-13-6-4-3-5-12(13)15/h3-9H,10,15H2,1-2H3. The van der Waals surface area contributed by atoms with Gasteiger partial charge in [0.2, 0.25) is 0 Å². The predicted octanol–water partition coefficient (Wildman–Crippen LogP) is 4.02. The Kier molecular flexibility index (Phi) is 3.09. The molecule has 2 N–H and O–H groups in total. The molecule has 1 aliphatic rings. The van der Waals surface area contributed by atoms with Gasteiger partial charge >= 0.3 is 0 Å². The molecule has 0 heterocycles. The van der Waals surface area contributed by atoms with E-state index >= 15 is 0 Å². The minimum atomic E-state index is -0.248. The van der Waals surface area contributed by atoms with Gasteiger partial charge in [0.15, 0.2) is 0 Å². The normalized spacial score (nSPS) is 24.0. The Morgan fingerprint density at radius 1 is 1.29 bits per heavy atom. The van der Waals surface area contributed by atoms with Crippen molar-refractivity contribution in [3.8, 4) is 0 Å². The average Bonchev–Trinajstić information content (AvgIpc) is 2.33. The van der Waals surface area contributed by atoms with Crippen molar-refractivity contribution < 1.29 is 0 Å². The van der Waals surface area contributed by atoms with Crippen LogP contribution < -0.4 is 5.73 Å². The second kappa shape index (κ2) is 4.53. The molecule has 3 nitrogen and oxygen atoms in total. The molecule has 1 aromatic carbocycles. The number of anilines is 1. The molecule has 0 bridgehead atoms. The van der Waals surface area contributed by atoms with Crippen LogP contribution in [0.15, 0.2) is 58.3 Å². The SMILES string of the molecule is CC1=CCC(C)(N=Nc2ccccc2N)C=C1. The van der Waals surface area contributed by atoms with Crippen molar-refractivity contribution in [2.24, 2.45) is 10.2 Å². The van der Waals surface area contributed by atoms with E-state index < -0.39 is 0 Å². The number of nitrogens with two attached hydrogens (primary N) is 1. The highest BCUT2D eigenvalue weighted by Gasteiger charge is 2.21. The van der Waals surface area contributed by atoms with Crippen LogP contribution in [0.1, 0.15) is 20.3 Å². The molecule has 0 aliphatic heterocycles. The summed E-state index contributed by atoms with van der Waals surface area (Å²) in [5.41, 5.74) is 8.23. The first kappa shape index (κ1) is 11.6. The fourth-order valence-electron chi connectivity index (χ4n) is 1.64. The smallest absolute Gasteiger partial charge is 0.108 e. The zero-order valence-electron chi connectivity index (χ0n) is 10.2. The quantitative estimate of drug-likeness (QED) is 0.602. The lowest BCUT2D eigenvalue weighted by molar-refractivity contribution is 0.560. The molecule has 1 atom stereocenters. The monoisotopic (exact) mass is 227 g/mol. The minimum absolute atomic E-state index is 0.248.